The van der Waals surface area contributed by atoms with Gasteiger partial charge in [-0.3, -0.25) is 4.79 Å². The van der Waals surface area contributed by atoms with Crippen molar-refractivity contribution in [3.8, 4) is 0 Å². The van der Waals surface area contributed by atoms with Crippen LogP contribution in [0, 0.1) is 5.41 Å². The zero-order valence-corrected chi connectivity index (χ0v) is 18.4. The zero-order chi connectivity index (χ0) is 19.8. The van der Waals surface area contributed by atoms with E-state index in [-0.39, 0.29) is 23.2 Å². The number of rotatable bonds is 4. The number of halogens is 1. The van der Waals surface area contributed by atoms with Gasteiger partial charge in [-0.05, 0) is 60.9 Å². The van der Waals surface area contributed by atoms with Gasteiger partial charge in [0.25, 0.3) is 5.91 Å². The van der Waals surface area contributed by atoms with Crippen LogP contribution >= 0.6 is 27.3 Å². The van der Waals surface area contributed by atoms with Gasteiger partial charge < -0.3 is 10.1 Å². The minimum Gasteiger partial charge on any atom is -0.462 e. The van der Waals surface area contributed by atoms with Gasteiger partial charge in [-0.15, -0.1) is 11.3 Å². The molecule has 2 aromatic rings. The summed E-state index contributed by atoms with van der Waals surface area (Å²) in [4.78, 5) is 26.6. The molecule has 0 saturated heterocycles. The van der Waals surface area contributed by atoms with Crippen molar-refractivity contribution < 1.29 is 14.3 Å². The van der Waals surface area contributed by atoms with Crippen molar-refractivity contribution in [3.63, 3.8) is 0 Å². The van der Waals surface area contributed by atoms with Crippen molar-refractivity contribution in [3.05, 3.63) is 50.3 Å². The molecule has 0 fully saturated rings. The number of hydrogen-bond acceptors (Lipinski definition) is 4. The lowest BCUT2D eigenvalue weighted by molar-refractivity contribution is 0.0525. The van der Waals surface area contributed by atoms with Gasteiger partial charge in [-0.2, -0.15) is 0 Å². The second-order valence-electron chi connectivity index (χ2n) is 7.77. The summed E-state index contributed by atoms with van der Waals surface area (Å²) in [5.74, 6) is -0.330. The SMILES string of the molecule is CCOC(=O)c1c(NC(=O)c2ccc(Br)cc2)sc2c1C(C)CC(C)(C)C2. The molecule has 1 aromatic carbocycles. The number of carbonyl (C=O) groups excluding carboxylic acids is 2. The number of esters is 1. The molecule has 1 unspecified atom stereocenters. The molecule has 144 valence electrons. The Morgan fingerprint density at radius 2 is 1.96 bits per heavy atom. The average molecular weight is 450 g/mol. The minimum absolute atomic E-state index is 0.177. The highest BCUT2D eigenvalue weighted by atomic mass is 79.9. The van der Waals surface area contributed by atoms with E-state index in [9.17, 15) is 9.59 Å². The van der Waals surface area contributed by atoms with Crippen molar-refractivity contribution in [2.24, 2.45) is 5.41 Å². The van der Waals surface area contributed by atoms with Crippen LogP contribution < -0.4 is 5.32 Å². The van der Waals surface area contributed by atoms with E-state index in [0.29, 0.717) is 22.7 Å². The molecule has 3 rings (SSSR count). The molecular formula is C21H24BrNO3S. The molecule has 1 aliphatic rings. The van der Waals surface area contributed by atoms with Crippen LogP contribution in [0.5, 0.6) is 0 Å². The predicted molar refractivity (Wildman–Crippen MR) is 113 cm³/mol. The normalized spacial score (nSPS) is 17.9. The summed E-state index contributed by atoms with van der Waals surface area (Å²) in [6.07, 6.45) is 1.90. The number of fused-ring (bicyclic) bond motifs is 1. The molecule has 1 N–H and O–H groups in total. The Morgan fingerprint density at radius 3 is 2.59 bits per heavy atom. The highest BCUT2D eigenvalue weighted by molar-refractivity contribution is 9.10. The first-order valence-electron chi connectivity index (χ1n) is 9.11. The minimum atomic E-state index is -0.354. The Kier molecular flexibility index (Phi) is 5.77. The van der Waals surface area contributed by atoms with Gasteiger partial charge in [0.15, 0.2) is 0 Å². The fraction of sp³-hybridized carbons (Fsp3) is 0.429. The predicted octanol–water partition coefficient (Wildman–Crippen LogP) is 6.02. The highest BCUT2D eigenvalue weighted by Crippen LogP contribution is 2.49. The Bertz CT molecular complexity index is 870. The molecule has 0 aliphatic heterocycles. The first-order valence-corrected chi connectivity index (χ1v) is 10.7. The molecule has 27 heavy (non-hydrogen) atoms. The molecule has 0 saturated carbocycles. The van der Waals surface area contributed by atoms with E-state index >= 15 is 0 Å². The second-order valence-corrected chi connectivity index (χ2v) is 9.79. The van der Waals surface area contributed by atoms with E-state index in [1.54, 1.807) is 19.1 Å². The molecule has 0 spiro atoms. The van der Waals surface area contributed by atoms with Gasteiger partial charge in [0.1, 0.15) is 5.00 Å². The molecule has 0 radical (unpaired) electrons. The van der Waals surface area contributed by atoms with E-state index < -0.39 is 0 Å². The summed E-state index contributed by atoms with van der Waals surface area (Å²) in [7, 11) is 0. The van der Waals surface area contributed by atoms with Gasteiger partial charge in [0, 0.05) is 14.9 Å². The van der Waals surface area contributed by atoms with Crippen molar-refractivity contribution >= 4 is 44.1 Å². The van der Waals surface area contributed by atoms with Crippen LogP contribution in [-0.2, 0) is 11.2 Å². The van der Waals surface area contributed by atoms with Crippen molar-refractivity contribution in [1.82, 2.24) is 0 Å². The van der Waals surface area contributed by atoms with Crippen molar-refractivity contribution in [2.45, 2.75) is 46.5 Å². The number of carbonyl (C=O) groups is 2. The summed E-state index contributed by atoms with van der Waals surface area (Å²) < 4.78 is 6.22. The van der Waals surface area contributed by atoms with Crippen LogP contribution in [0.1, 0.15) is 71.2 Å². The Balaban J connectivity index is 2.00. The molecule has 1 heterocycles. The number of thiophene rings is 1. The second kappa shape index (κ2) is 7.76. The lowest BCUT2D eigenvalue weighted by Gasteiger charge is -2.33. The van der Waals surface area contributed by atoms with Crippen molar-refractivity contribution in [1.29, 1.82) is 0 Å². The van der Waals surface area contributed by atoms with Crippen LogP contribution in [0.3, 0.4) is 0 Å². The smallest absolute Gasteiger partial charge is 0.341 e. The third kappa shape index (κ3) is 4.27. The number of amides is 1. The lowest BCUT2D eigenvalue weighted by Crippen LogP contribution is -2.24. The van der Waals surface area contributed by atoms with Crippen LogP contribution in [0.15, 0.2) is 28.7 Å². The van der Waals surface area contributed by atoms with E-state index in [1.165, 1.54) is 16.2 Å². The Morgan fingerprint density at radius 1 is 1.30 bits per heavy atom. The van der Waals surface area contributed by atoms with E-state index in [4.69, 9.17) is 4.74 Å². The number of anilines is 1. The standard InChI is InChI=1S/C21H24BrNO3S/c1-5-26-20(25)17-16-12(2)10-21(3,4)11-15(16)27-19(17)23-18(24)13-6-8-14(22)9-7-13/h6-9,12H,5,10-11H2,1-4H3,(H,23,24). The Labute approximate surface area is 172 Å². The maximum Gasteiger partial charge on any atom is 0.341 e. The third-order valence-corrected chi connectivity index (χ3v) is 6.48. The lowest BCUT2D eigenvalue weighted by atomic mass is 9.72. The average Bonchev–Trinajstić information content (AvgIpc) is 2.92. The van der Waals surface area contributed by atoms with E-state index in [2.05, 4.69) is 42.0 Å². The quantitative estimate of drug-likeness (QED) is 0.580. The van der Waals surface area contributed by atoms with Crippen LogP contribution in [0.25, 0.3) is 0 Å². The largest absolute Gasteiger partial charge is 0.462 e. The van der Waals surface area contributed by atoms with Gasteiger partial charge >= 0.3 is 5.97 Å². The fourth-order valence-electron chi connectivity index (χ4n) is 3.85. The number of nitrogens with one attached hydrogen (secondary N) is 1. The monoisotopic (exact) mass is 449 g/mol. The van der Waals surface area contributed by atoms with Gasteiger partial charge in [0.05, 0.1) is 12.2 Å². The van der Waals surface area contributed by atoms with Crippen LogP contribution in [0.4, 0.5) is 5.00 Å². The molecule has 1 atom stereocenters. The number of benzene rings is 1. The maximum absolute atomic E-state index is 12.7. The van der Waals surface area contributed by atoms with Crippen LogP contribution in [-0.4, -0.2) is 18.5 Å². The topological polar surface area (TPSA) is 55.4 Å². The first kappa shape index (κ1) is 20.1. The van der Waals surface area contributed by atoms with Gasteiger partial charge in [-0.25, -0.2) is 4.79 Å². The summed E-state index contributed by atoms with van der Waals surface area (Å²) in [6.45, 7) is 8.74. The van der Waals surface area contributed by atoms with Gasteiger partial charge in [0.2, 0.25) is 0 Å². The molecule has 1 aromatic heterocycles. The van der Waals surface area contributed by atoms with Gasteiger partial charge in [-0.1, -0.05) is 36.7 Å². The number of ether oxygens (including phenoxy) is 1. The van der Waals surface area contributed by atoms with E-state index in [1.807, 2.05) is 12.1 Å². The molecular weight excluding hydrogens is 426 g/mol. The first-order chi connectivity index (χ1) is 12.7. The molecule has 1 aliphatic carbocycles. The van der Waals surface area contributed by atoms with E-state index in [0.717, 1.165) is 22.9 Å². The van der Waals surface area contributed by atoms with Crippen molar-refractivity contribution in [2.75, 3.05) is 11.9 Å². The fourth-order valence-corrected chi connectivity index (χ4v) is 5.68. The highest BCUT2D eigenvalue weighted by Gasteiger charge is 2.37. The maximum atomic E-state index is 12.7. The summed E-state index contributed by atoms with van der Waals surface area (Å²) >= 11 is 4.88. The molecule has 6 heteroatoms. The summed E-state index contributed by atoms with van der Waals surface area (Å²) in [5.41, 5.74) is 2.30. The summed E-state index contributed by atoms with van der Waals surface area (Å²) in [5, 5.41) is 3.55. The van der Waals surface area contributed by atoms with Crippen LogP contribution in [0.2, 0.25) is 0 Å². The Hall–Kier alpha value is -1.66. The molecule has 1 amide bonds. The number of hydrogen-bond donors (Lipinski definition) is 1. The molecule has 4 nitrogen and oxygen atoms in total. The third-order valence-electron chi connectivity index (χ3n) is 4.83. The zero-order valence-electron chi connectivity index (χ0n) is 16.0. The summed E-state index contributed by atoms with van der Waals surface area (Å²) in [6, 6.07) is 7.15. The molecule has 0 bridgehead atoms.